The lowest BCUT2D eigenvalue weighted by Gasteiger charge is -2.14. The van der Waals surface area contributed by atoms with Gasteiger partial charge in [0, 0.05) is 18.2 Å². The van der Waals surface area contributed by atoms with Gasteiger partial charge in [0.2, 0.25) is 0 Å². The summed E-state index contributed by atoms with van der Waals surface area (Å²) in [5.41, 5.74) is -0.137. The Morgan fingerprint density at radius 3 is 2.14 bits per heavy atom. The van der Waals surface area contributed by atoms with Gasteiger partial charge in [-0.05, 0) is 24.0 Å². The number of nitrogens with zero attached hydrogens (tertiary/aromatic N) is 2. The minimum absolute atomic E-state index is 0.162. The summed E-state index contributed by atoms with van der Waals surface area (Å²) in [5.74, 6) is -3.75. The lowest BCUT2D eigenvalue weighted by Crippen LogP contribution is -2.21. The molecule has 0 unspecified atom stereocenters. The first kappa shape index (κ1) is 28.8. The van der Waals surface area contributed by atoms with Gasteiger partial charge in [-0.3, -0.25) is 0 Å². The summed E-state index contributed by atoms with van der Waals surface area (Å²) in [5, 5.41) is 20.7. The van der Waals surface area contributed by atoms with Crippen molar-refractivity contribution in [2.24, 2.45) is 0 Å². The van der Waals surface area contributed by atoms with Crippen LogP contribution in [0.15, 0.2) is 59.8 Å². The van der Waals surface area contributed by atoms with Crippen LogP contribution in [0.4, 0.5) is 36.6 Å². The van der Waals surface area contributed by atoms with Gasteiger partial charge < -0.3 is 15.5 Å². The Kier molecular flexibility index (Phi) is 9.64. The number of aliphatic carboxylic acids is 1. The molecule has 0 aliphatic rings. The van der Waals surface area contributed by atoms with Crippen molar-refractivity contribution in [2.75, 3.05) is 18.1 Å². The van der Waals surface area contributed by atoms with Gasteiger partial charge in [0.1, 0.15) is 11.6 Å². The lowest BCUT2D eigenvalue weighted by molar-refractivity contribution is -0.192. The van der Waals surface area contributed by atoms with Crippen LogP contribution in [0.2, 0.25) is 0 Å². The molecule has 194 valence electrons. The fourth-order valence-electron chi connectivity index (χ4n) is 2.65. The number of carbonyl (C=O) groups is 1. The van der Waals surface area contributed by atoms with E-state index in [2.05, 4.69) is 15.3 Å². The number of aliphatic hydroxyl groups excluding tert-OH is 1. The number of nitrogens with one attached hydrogen (secondary N) is 1. The largest absolute Gasteiger partial charge is 0.490 e. The number of aromatic nitrogens is 2. The Balaban J connectivity index is 0.000000572. The molecule has 0 amide bonds. The van der Waals surface area contributed by atoms with Crippen LogP contribution in [0, 0.1) is 5.82 Å². The van der Waals surface area contributed by atoms with Crippen LogP contribution in [0.3, 0.4) is 0 Å². The normalized spacial score (nSPS) is 12.4. The van der Waals surface area contributed by atoms with Gasteiger partial charge >= 0.3 is 18.3 Å². The lowest BCUT2D eigenvalue weighted by atomic mass is 10.1. The van der Waals surface area contributed by atoms with E-state index in [4.69, 9.17) is 9.90 Å². The molecular weight excluding hydrogens is 519 g/mol. The minimum Gasteiger partial charge on any atom is -0.475 e. The predicted octanol–water partition coefficient (Wildman–Crippen LogP) is 5.80. The van der Waals surface area contributed by atoms with E-state index >= 15 is 0 Å². The van der Waals surface area contributed by atoms with Crippen molar-refractivity contribution in [3.63, 3.8) is 0 Å². The number of thioether (sulfide) groups is 1. The minimum atomic E-state index is -5.08. The molecule has 1 atom stereocenters. The van der Waals surface area contributed by atoms with E-state index in [1.54, 1.807) is 18.4 Å². The smallest absolute Gasteiger partial charge is 0.475 e. The number of anilines is 1. The molecule has 1 heterocycles. The molecule has 2 aromatic carbocycles. The van der Waals surface area contributed by atoms with Crippen LogP contribution in [0.25, 0.3) is 11.3 Å². The third-order valence-corrected chi connectivity index (χ3v) is 4.91. The van der Waals surface area contributed by atoms with E-state index in [1.165, 1.54) is 23.9 Å². The number of benzene rings is 2. The van der Waals surface area contributed by atoms with Crippen molar-refractivity contribution < 1.29 is 45.7 Å². The molecule has 1 aromatic heterocycles. The molecule has 0 radical (unpaired) electrons. The van der Waals surface area contributed by atoms with E-state index in [0.717, 1.165) is 11.6 Å². The van der Waals surface area contributed by atoms with Gasteiger partial charge in [-0.2, -0.15) is 26.3 Å². The number of aliphatic hydroxyl groups is 1. The third kappa shape index (κ3) is 8.37. The fraction of sp³-hybridized carbons (Fsp3) is 0.227. The second-order valence-corrected chi connectivity index (χ2v) is 7.70. The number of rotatable bonds is 6. The molecule has 0 bridgehead atoms. The molecule has 3 aromatic rings. The van der Waals surface area contributed by atoms with Gasteiger partial charge in [0.25, 0.3) is 0 Å². The molecular formula is C22H18F7N3O3S. The molecule has 0 saturated carbocycles. The summed E-state index contributed by atoms with van der Waals surface area (Å²) in [4.78, 5) is 17.4. The monoisotopic (exact) mass is 537 g/mol. The zero-order valence-corrected chi connectivity index (χ0v) is 19.0. The topological polar surface area (TPSA) is 95.3 Å². The van der Waals surface area contributed by atoms with Gasteiger partial charge in [-0.1, -0.05) is 48.2 Å². The highest BCUT2D eigenvalue weighted by Crippen LogP contribution is 2.33. The molecule has 3 N–H and O–H groups in total. The molecule has 0 aliphatic carbocycles. The highest BCUT2D eigenvalue weighted by atomic mass is 32.2. The second-order valence-electron chi connectivity index (χ2n) is 6.93. The van der Waals surface area contributed by atoms with E-state index in [0.29, 0.717) is 17.0 Å². The summed E-state index contributed by atoms with van der Waals surface area (Å²) in [7, 11) is 0. The van der Waals surface area contributed by atoms with Crippen LogP contribution < -0.4 is 5.32 Å². The first-order valence-electron chi connectivity index (χ1n) is 9.79. The van der Waals surface area contributed by atoms with Crippen LogP contribution in [-0.2, 0) is 11.0 Å². The summed E-state index contributed by atoms with van der Waals surface area (Å²) in [6.45, 7) is 0.162. The van der Waals surface area contributed by atoms with Crippen molar-refractivity contribution in [2.45, 2.75) is 23.6 Å². The number of hydrogen-bond donors (Lipinski definition) is 3. The molecule has 6 nitrogen and oxygen atoms in total. The summed E-state index contributed by atoms with van der Waals surface area (Å²) in [6.07, 6.45) is -8.88. The van der Waals surface area contributed by atoms with Gasteiger partial charge in [-0.25, -0.2) is 19.2 Å². The Labute approximate surface area is 204 Å². The molecule has 0 saturated heterocycles. The van der Waals surface area contributed by atoms with E-state index in [-0.39, 0.29) is 17.8 Å². The Bertz CT molecular complexity index is 1180. The Morgan fingerprint density at radius 1 is 1.03 bits per heavy atom. The first-order chi connectivity index (χ1) is 16.7. The standard InChI is InChI=1S/C20H17F4N3OS.C2HF3O2/c1-29-19-26-16(13-7-8-14(15(21)9-13)20(22,23)24)10-18(27-19)25-11-17(28)12-5-3-2-4-6-12;3-2(4,5)1(6)7/h2-10,17,28H,11H2,1H3,(H,25,26,27);(H,6,7)/t17-;/m0./s1. The number of carboxylic acids is 1. The predicted molar refractivity (Wildman–Crippen MR) is 118 cm³/mol. The maximum absolute atomic E-state index is 13.9. The quantitative estimate of drug-likeness (QED) is 0.208. The fourth-order valence-corrected chi connectivity index (χ4v) is 3.03. The maximum atomic E-state index is 13.9. The number of halogens is 7. The van der Waals surface area contributed by atoms with Crippen molar-refractivity contribution in [3.8, 4) is 11.3 Å². The Morgan fingerprint density at radius 2 is 1.64 bits per heavy atom. The van der Waals surface area contributed by atoms with Gasteiger partial charge in [0.05, 0.1) is 17.4 Å². The average Bonchev–Trinajstić information content (AvgIpc) is 2.81. The van der Waals surface area contributed by atoms with Crippen LogP contribution in [-0.4, -0.2) is 45.1 Å². The van der Waals surface area contributed by atoms with Crippen molar-refractivity contribution in [1.29, 1.82) is 0 Å². The van der Waals surface area contributed by atoms with E-state index < -0.39 is 35.8 Å². The number of alkyl halides is 6. The zero-order chi connectivity index (χ0) is 27.1. The third-order valence-electron chi connectivity index (χ3n) is 4.36. The highest BCUT2D eigenvalue weighted by molar-refractivity contribution is 7.98. The molecule has 14 heteroatoms. The molecule has 3 rings (SSSR count). The number of carboxylic acid groups (broad SMARTS) is 1. The molecule has 0 spiro atoms. The number of hydrogen-bond acceptors (Lipinski definition) is 6. The van der Waals surface area contributed by atoms with Crippen LogP contribution in [0.1, 0.15) is 17.2 Å². The second kappa shape index (κ2) is 12.0. The molecule has 0 fully saturated rings. The highest BCUT2D eigenvalue weighted by Gasteiger charge is 2.38. The van der Waals surface area contributed by atoms with E-state index in [1.807, 2.05) is 18.2 Å². The summed E-state index contributed by atoms with van der Waals surface area (Å²) in [6, 6.07) is 13.2. The molecule has 0 aliphatic heterocycles. The van der Waals surface area contributed by atoms with Gasteiger partial charge in [0.15, 0.2) is 5.16 Å². The zero-order valence-electron chi connectivity index (χ0n) is 18.2. The van der Waals surface area contributed by atoms with Gasteiger partial charge in [-0.15, -0.1) is 0 Å². The first-order valence-corrected chi connectivity index (χ1v) is 11.0. The van der Waals surface area contributed by atoms with E-state index in [9.17, 15) is 35.8 Å². The maximum Gasteiger partial charge on any atom is 0.490 e. The summed E-state index contributed by atoms with van der Waals surface area (Å²) >= 11 is 1.24. The Hall–Kier alpha value is -3.39. The van der Waals surface area contributed by atoms with Crippen LogP contribution >= 0.6 is 11.8 Å². The van der Waals surface area contributed by atoms with Crippen LogP contribution in [0.5, 0.6) is 0 Å². The van der Waals surface area contributed by atoms with Crippen molar-refractivity contribution in [3.05, 3.63) is 71.5 Å². The summed E-state index contributed by atoms with van der Waals surface area (Å²) < 4.78 is 84.0. The molecule has 36 heavy (non-hydrogen) atoms. The van der Waals surface area contributed by atoms with Crippen molar-refractivity contribution >= 4 is 23.5 Å². The SMILES string of the molecule is CSc1nc(NC[C@H](O)c2ccccc2)cc(-c2ccc(C(F)(F)F)c(F)c2)n1.O=C(O)C(F)(F)F. The van der Waals surface area contributed by atoms with Crippen molar-refractivity contribution in [1.82, 2.24) is 9.97 Å². The average molecular weight is 537 g/mol.